The Morgan fingerprint density at radius 2 is 1.89 bits per heavy atom. The van der Waals surface area contributed by atoms with Crippen molar-refractivity contribution in [1.29, 1.82) is 0 Å². The maximum atomic E-state index is 14.5. The first-order chi connectivity index (χ1) is 16.8. The smallest absolute Gasteiger partial charge is 0.365 e. The number of para-hydroxylation sites is 1. The lowest BCUT2D eigenvalue weighted by molar-refractivity contribution is -0.137. The van der Waals surface area contributed by atoms with Gasteiger partial charge in [-0.15, -0.1) is 11.3 Å². The van der Waals surface area contributed by atoms with Gasteiger partial charge in [-0.25, -0.2) is 4.39 Å². The Balaban J connectivity index is 1.42. The van der Waals surface area contributed by atoms with Crippen molar-refractivity contribution in [3.8, 4) is 0 Å². The molecule has 9 heteroatoms. The Labute approximate surface area is 205 Å². The van der Waals surface area contributed by atoms with E-state index in [1.807, 2.05) is 27.3 Å². The highest BCUT2D eigenvalue weighted by molar-refractivity contribution is 7.09. The Morgan fingerprint density at radius 1 is 1.06 bits per heavy atom. The van der Waals surface area contributed by atoms with Crippen LogP contribution in [0.4, 0.5) is 28.9 Å². The van der Waals surface area contributed by atoms with Gasteiger partial charge >= 0.3 is 6.18 Å². The van der Waals surface area contributed by atoms with Crippen molar-refractivity contribution < 1.29 is 22.4 Å². The predicted octanol–water partition coefficient (Wildman–Crippen LogP) is 5.13. The molecule has 1 N–H and O–H groups in total. The monoisotopic (exact) mass is 503 g/mol. The highest BCUT2D eigenvalue weighted by Crippen LogP contribution is 2.40. The Kier molecular flexibility index (Phi) is 6.44. The third kappa shape index (κ3) is 4.87. The lowest BCUT2D eigenvalue weighted by atomic mass is 9.82. The van der Waals surface area contributed by atoms with Crippen molar-refractivity contribution in [3.63, 3.8) is 0 Å². The van der Waals surface area contributed by atoms with Gasteiger partial charge in [-0.3, -0.25) is 4.79 Å². The molecule has 1 amide bonds. The summed E-state index contributed by atoms with van der Waals surface area (Å²) in [4.78, 5) is 18.4. The van der Waals surface area contributed by atoms with Gasteiger partial charge in [-0.2, -0.15) is 13.2 Å². The van der Waals surface area contributed by atoms with Crippen molar-refractivity contribution in [2.45, 2.75) is 25.1 Å². The number of thiophene rings is 1. The zero-order chi connectivity index (χ0) is 24.6. The first-order valence-corrected chi connectivity index (χ1v) is 12.5. The van der Waals surface area contributed by atoms with Gasteiger partial charge in [0.2, 0.25) is 5.91 Å². The first-order valence-electron chi connectivity index (χ1n) is 11.6. The minimum atomic E-state index is -4.45. The van der Waals surface area contributed by atoms with Crippen LogP contribution in [-0.4, -0.2) is 38.1 Å². The van der Waals surface area contributed by atoms with E-state index in [2.05, 4.69) is 5.32 Å². The average molecular weight is 504 g/mol. The molecule has 1 saturated heterocycles. The molecule has 3 aromatic rings. The highest BCUT2D eigenvalue weighted by Gasteiger charge is 2.43. The number of rotatable bonds is 5. The highest BCUT2D eigenvalue weighted by atomic mass is 32.1. The number of hydrogen-bond donors (Lipinski definition) is 1. The molecule has 35 heavy (non-hydrogen) atoms. The molecule has 1 fully saturated rings. The topological polar surface area (TPSA) is 35.6 Å². The zero-order valence-electron chi connectivity index (χ0n) is 18.9. The SMILES string of the molecule is O=C(NCCc1cccs1)[C@@H]1Cc2cc(C(F)(F)F)ccc2N2CCN(c3ccccc3F)C[C@@H]12. The summed E-state index contributed by atoms with van der Waals surface area (Å²) in [5.74, 6) is -1.07. The normalized spacial score (nSPS) is 19.8. The number of carbonyl (C=O) groups excluding carboxylic acids is 1. The maximum absolute atomic E-state index is 14.5. The lowest BCUT2D eigenvalue weighted by Gasteiger charge is -2.49. The second-order valence-corrected chi connectivity index (χ2v) is 9.96. The van der Waals surface area contributed by atoms with Gasteiger partial charge < -0.3 is 15.1 Å². The van der Waals surface area contributed by atoms with E-state index >= 15 is 0 Å². The maximum Gasteiger partial charge on any atom is 0.416 e. The standard InChI is InChI=1S/C26H25F4N3OS/c27-21-5-1-2-6-23(21)32-11-12-33-22-8-7-18(26(28,29)30)14-17(22)15-20(24(33)16-32)25(34)31-10-9-19-4-3-13-35-19/h1-8,13-14,20,24H,9-12,15-16H2,(H,31,34)/t20-,24+/m1/s1. The van der Waals surface area contributed by atoms with Crippen LogP contribution in [0.25, 0.3) is 0 Å². The molecule has 3 heterocycles. The van der Waals surface area contributed by atoms with Crippen molar-refractivity contribution in [3.05, 3.63) is 81.8 Å². The van der Waals surface area contributed by atoms with Gasteiger partial charge in [0.15, 0.2) is 0 Å². The molecule has 4 nitrogen and oxygen atoms in total. The Morgan fingerprint density at radius 3 is 2.63 bits per heavy atom. The molecule has 2 aliphatic rings. The van der Waals surface area contributed by atoms with E-state index in [4.69, 9.17) is 0 Å². The molecule has 5 rings (SSSR count). The van der Waals surface area contributed by atoms with Crippen molar-refractivity contribution in [1.82, 2.24) is 5.32 Å². The fourth-order valence-electron chi connectivity index (χ4n) is 5.12. The van der Waals surface area contributed by atoms with E-state index in [9.17, 15) is 22.4 Å². The number of benzene rings is 2. The van der Waals surface area contributed by atoms with Crippen molar-refractivity contribution >= 4 is 28.6 Å². The van der Waals surface area contributed by atoms with Gasteiger partial charge in [0.1, 0.15) is 5.82 Å². The molecule has 2 aliphatic heterocycles. The van der Waals surface area contributed by atoms with Crippen LogP contribution in [0.5, 0.6) is 0 Å². The third-order valence-corrected chi connectivity index (χ3v) is 7.76. The predicted molar refractivity (Wildman–Crippen MR) is 129 cm³/mol. The van der Waals surface area contributed by atoms with Crippen molar-refractivity contribution in [2.24, 2.45) is 5.92 Å². The number of nitrogens with one attached hydrogen (secondary N) is 1. The minimum absolute atomic E-state index is 0.185. The van der Waals surface area contributed by atoms with Crippen molar-refractivity contribution in [2.75, 3.05) is 36.0 Å². The fraction of sp³-hybridized carbons (Fsp3) is 0.346. The number of alkyl halides is 3. The molecule has 184 valence electrons. The largest absolute Gasteiger partial charge is 0.416 e. The van der Waals surface area contributed by atoms with Crippen LogP contribution in [0.15, 0.2) is 60.0 Å². The summed E-state index contributed by atoms with van der Waals surface area (Å²) in [5, 5.41) is 4.97. The lowest BCUT2D eigenvalue weighted by Crippen LogP contribution is -2.61. The van der Waals surface area contributed by atoms with Crippen LogP contribution in [0.2, 0.25) is 0 Å². The number of fused-ring (bicyclic) bond motifs is 3. The van der Waals surface area contributed by atoms with Gasteiger partial charge in [0, 0.05) is 36.7 Å². The van der Waals surface area contributed by atoms with E-state index in [1.54, 1.807) is 29.5 Å². The van der Waals surface area contributed by atoms with Crippen LogP contribution in [-0.2, 0) is 23.8 Å². The summed E-state index contributed by atoms with van der Waals surface area (Å²) in [5.41, 5.74) is 1.01. The number of carbonyl (C=O) groups is 1. The summed E-state index contributed by atoms with van der Waals surface area (Å²) < 4.78 is 54.7. The molecule has 0 aliphatic carbocycles. The first kappa shape index (κ1) is 23.7. The van der Waals surface area contributed by atoms with Crippen LogP contribution in [0.1, 0.15) is 16.0 Å². The molecule has 2 aromatic carbocycles. The quantitative estimate of drug-likeness (QED) is 0.491. The Hall–Kier alpha value is -3.07. The van der Waals surface area contributed by atoms with Gasteiger partial charge in [0.25, 0.3) is 0 Å². The number of amides is 1. The molecular formula is C26H25F4N3OS. The van der Waals surface area contributed by atoms with Gasteiger partial charge in [-0.1, -0.05) is 18.2 Å². The molecule has 0 radical (unpaired) electrons. The van der Waals surface area contributed by atoms with Crippen LogP contribution >= 0.6 is 11.3 Å². The van der Waals surface area contributed by atoms with Crippen LogP contribution in [0, 0.1) is 11.7 Å². The number of anilines is 2. The number of nitrogens with zero attached hydrogens (tertiary/aromatic N) is 2. The van der Waals surface area contributed by atoms with Gasteiger partial charge in [-0.05, 0) is 60.2 Å². The van der Waals surface area contributed by atoms with E-state index in [1.165, 1.54) is 18.2 Å². The summed E-state index contributed by atoms with van der Waals surface area (Å²) in [6, 6.07) is 14.0. The van der Waals surface area contributed by atoms with Crippen LogP contribution in [0.3, 0.4) is 0 Å². The molecule has 0 spiro atoms. The molecular weight excluding hydrogens is 478 g/mol. The third-order valence-electron chi connectivity index (χ3n) is 6.82. The van der Waals surface area contributed by atoms with Gasteiger partial charge in [0.05, 0.1) is 23.2 Å². The van der Waals surface area contributed by atoms with E-state index in [0.717, 1.165) is 16.6 Å². The molecule has 1 aromatic heterocycles. The zero-order valence-corrected chi connectivity index (χ0v) is 19.7. The fourth-order valence-corrected chi connectivity index (χ4v) is 5.83. The summed E-state index contributed by atoms with van der Waals surface area (Å²) in [6.45, 7) is 1.85. The molecule has 0 bridgehead atoms. The second kappa shape index (κ2) is 9.53. The van der Waals surface area contributed by atoms with E-state index in [0.29, 0.717) is 43.9 Å². The number of hydrogen-bond acceptors (Lipinski definition) is 4. The summed E-state index contributed by atoms with van der Waals surface area (Å²) >= 11 is 1.61. The van der Waals surface area contributed by atoms with E-state index < -0.39 is 17.7 Å². The summed E-state index contributed by atoms with van der Waals surface area (Å²) in [7, 11) is 0. The van der Waals surface area contributed by atoms with Crippen LogP contribution < -0.4 is 15.1 Å². The number of halogens is 4. The molecule has 0 saturated carbocycles. The average Bonchev–Trinajstić information content (AvgIpc) is 3.36. The van der Waals surface area contributed by atoms with E-state index in [-0.39, 0.29) is 24.2 Å². The second-order valence-electron chi connectivity index (χ2n) is 8.93. The minimum Gasteiger partial charge on any atom is -0.365 e. The molecule has 2 atom stereocenters. The molecule has 0 unspecified atom stereocenters. The Bertz CT molecular complexity index is 1200. The summed E-state index contributed by atoms with van der Waals surface area (Å²) in [6.07, 6.45) is -3.55. The number of piperazine rings is 1.